The van der Waals surface area contributed by atoms with E-state index in [1.807, 2.05) is 6.92 Å². The van der Waals surface area contributed by atoms with Crippen molar-refractivity contribution in [2.24, 2.45) is 16.8 Å². The van der Waals surface area contributed by atoms with Gasteiger partial charge >= 0.3 is 0 Å². The molecule has 3 fully saturated rings. The maximum Gasteiger partial charge on any atom is 0.191 e. The first-order valence-electron chi connectivity index (χ1n) is 10.6. The van der Waals surface area contributed by atoms with E-state index in [0.717, 1.165) is 50.6 Å². The summed E-state index contributed by atoms with van der Waals surface area (Å²) in [6.07, 6.45) is 8.33. The molecule has 3 N–H and O–H groups in total. The van der Waals surface area contributed by atoms with E-state index in [1.54, 1.807) is 0 Å². The molecule has 1 aliphatic heterocycles. The molecule has 2 saturated carbocycles. The molecule has 3 rings (SSSR count). The highest BCUT2D eigenvalue weighted by molar-refractivity contribution is 5.80. The molecule has 3 unspecified atom stereocenters. The minimum absolute atomic E-state index is 0.417. The Morgan fingerprint density at radius 3 is 2.65 bits per heavy atom. The van der Waals surface area contributed by atoms with Crippen LogP contribution in [0.3, 0.4) is 0 Å². The van der Waals surface area contributed by atoms with Gasteiger partial charge in [0.15, 0.2) is 5.96 Å². The molecule has 0 amide bonds. The first-order valence-corrected chi connectivity index (χ1v) is 10.6. The number of rotatable bonds is 7. The van der Waals surface area contributed by atoms with Crippen LogP contribution in [-0.2, 0) is 4.74 Å². The van der Waals surface area contributed by atoms with Crippen molar-refractivity contribution in [1.82, 2.24) is 15.5 Å². The zero-order chi connectivity index (χ0) is 18.4. The first kappa shape index (κ1) is 19.9. The van der Waals surface area contributed by atoms with Crippen LogP contribution in [0.25, 0.3) is 0 Å². The first-order chi connectivity index (χ1) is 12.6. The van der Waals surface area contributed by atoms with Crippen molar-refractivity contribution in [2.75, 3.05) is 45.9 Å². The number of aliphatic imine (C=N–C) groups is 1. The molecule has 3 atom stereocenters. The van der Waals surface area contributed by atoms with Gasteiger partial charge in [-0.05, 0) is 32.1 Å². The molecule has 2 aliphatic carbocycles. The van der Waals surface area contributed by atoms with Gasteiger partial charge in [-0.1, -0.05) is 32.1 Å². The summed E-state index contributed by atoms with van der Waals surface area (Å²) in [5.41, 5.74) is -0.813. The molecular weight excluding hydrogens is 328 g/mol. The fourth-order valence-corrected chi connectivity index (χ4v) is 4.50. The summed E-state index contributed by atoms with van der Waals surface area (Å²) in [6, 6.07) is 0.570. The lowest BCUT2D eigenvalue weighted by Crippen LogP contribution is -2.48. The molecule has 150 valence electrons. The van der Waals surface area contributed by atoms with E-state index >= 15 is 0 Å². The maximum absolute atomic E-state index is 10.7. The minimum atomic E-state index is -0.813. The Balaban J connectivity index is 1.47. The minimum Gasteiger partial charge on any atom is -0.387 e. The molecule has 3 aliphatic rings. The molecule has 26 heavy (non-hydrogen) atoms. The maximum atomic E-state index is 10.7. The molecule has 0 bridgehead atoms. The highest BCUT2D eigenvalue weighted by Gasteiger charge is 2.43. The summed E-state index contributed by atoms with van der Waals surface area (Å²) in [6.45, 7) is 9.19. The summed E-state index contributed by atoms with van der Waals surface area (Å²) in [7, 11) is 0. The average Bonchev–Trinajstić information content (AvgIpc) is 3.40. The van der Waals surface area contributed by atoms with Crippen LogP contribution in [0.1, 0.15) is 52.4 Å². The van der Waals surface area contributed by atoms with Gasteiger partial charge in [0.2, 0.25) is 0 Å². The predicted molar refractivity (Wildman–Crippen MR) is 105 cm³/mol. The van der Waals surface area contributed by atoms with Crippen LogP contribution in [0.4, 0.5) is 0 Å². The van der Waals surface area contributed by atoms with E-state index < -0.39 is 5.60 Å². The van der Waals surface area contributed by atoms with Gasteiger partial charge in [-0.25, -0.2) is 0 Å². The number of guanidine groups is 1. The Kier molecular flexibility index (Phi) is 7.18. The van der Waals surface area contributed by atoms with E-state index in [4.69, 9.17) is 9.73 Å². The lowest BCUT2D eigenvalue weighted by molar-refractivity contribution is -0.0180. The van der Waals surface area contributed by atoms with Gasteiger partial charge in [0, 0.05) is 32.2 Å². The Hall–Kier alpha value is -0.850. The lowest BCUT2D eigenvalue weighted by Gasteiger charge is -2.33. The fraction of sp³-hybridized carbons (Fsp3) is 0.950. The zero-order valence-electron chi connectivity index (χ0n) is 16.7. The number of β-amino-alcohol motifs (C(OH)–C–C–N with tert-alkyl or cyclic N) is 1. The van der Waals surface area contributed by atoms with Crippen molar-refractivity contribution < 1.29 is 9.84 Å². The second-order valence-corrected chi connectivity index (χ2v) is 8.63. The quantitative estimate of drug-likeness (QED) is 0.472. The van der Waals surface area contributed by atoms with E-state index in [9.17, 15) is 5.11 Å². The normalized spacial score (nSPS) is 30.7. The van der Waals surface area contributed by atoms with Gasteiger partial charge in [0.25, 0.3) is 0 Å². The Morgan fingerprint density at radius 2 is 1.96 bits per heavy atom. The monoisotopic (exact) mass is 366 g/mol. The number of hydrogen-bond donors (Lipinski definition) is 3. The van der Waals surface area contributed by atoms with Crippen molar-refractivity contribution in [3.05, 3.63) is 0 Å². The van der Waals surface area contributed by atoms with Crippen molar-refractivity contribution in [2.45, 2.75) is 64.0 Å². The predicted octanol–water partition coefficient (Wildman–Crippen LogP) is 1.59. The number of morpholine rings is 1. The number of aliphatic hydroxyl groups is 1. The van der Waals surface area contributed by atoms with Crippen LogP contribution in [0, 0.1) is 11.8 Å². The summed E-state index contributed by atoms with van der Waals surface area (Å²) >= 11 is 0. The number of ether oxygens (including phenoxy) is 1. The van der Waals surface area contributed by atoms with E-state index in [2.05, 4.69) is 22.5 Å². The van der Waals surface area contributed by atoms with Crippen LogP contribution < -0.4 is 10.6 Å². The van der Waals surface area contributed by atoms with Crippen LogP contribution in [0.15, 0.2) is 4.99 Å². The second kappa shape index (κ2) is 9.38. The Morgan fingerprint density at radius 1 is 1.23 bits per heavy atom. The molecule has 6 nitrogen and oxygen atoms in total. The average molecular weight is 367 g/mol. The van der Waals surface area contributed by atoms with Gasteiger partial charge in [-0.3, -0.25) is 9.89 Å². The number of nitrogens with zero attached hydrogens (tertiary/aromatic N) is 2. The van der Waals surface area contributed by atoms with Gasteiger partial charge in [0.1, 0.15) is 0 Å². The summed E-state index contributed by atoms with van der Waals surface area (Å²) in [4.78, 5) is 6.96. The van der Waals surface area contributed by atoms with Gasteiger partial charge in [-0.2, -0.15) is 0 Å². The Bertz CT molecular complexity index is 457. The lowest BCUT2D eigenvalue weighted by atomic mass is 9.85. The van der Waals surface area contributed by atoms with Crippen molar-refractivity contribution in [3.8, 4) is 0 Å². The van der Waals surface area contributed by atoms with Crippen LogP contribution in [0.2, 0.25) is 0 Å². The van der Waals surface area contributed by atoms with Gasteiger partial charge < -0.3 is 20.5 Å². The molecule has 0 spiro atoms. The topological polar surface area (TPSA) is 69.1 Å². The number of hydrogen-bond acceptors (Lipinski definition) is 4. The van der Waals surface area contributed by atoms with Gasteiger partial charge in [-0.15, -0.1) is 0 Å². The number of nitrogens with one attached hydrogen (secondary N) is 2. The largest absolute Gasteiger partial charge is 0.387 e. The standard InChI is InChI=1S/C20H38N4O2/c1-3-21-19(23-18-13-17(18)16-7-5-4-6-8-16)22-14-20(2,25)15-24-9-11-26-12-10-24/h16-18,25H,3-15H2,1-2H3,(H2,21,22,23). The highest BCUT2D eigenvalue weighted by Crippen LogP contribution is 2.44. The third-order valence-corrected chi connectivity index (χ3v) is 6.01. The SMILES string of the molecule is CCNC(=NCC(C)(O)CN1CCOCC1)NC1CC1C1CCCCC1. The summed E-state index contributed by atoms with van der Waals surface area (Å²) in [5.74, 6) is 2.60. The molecule has 1 heterocycles. The fourth-order valence-electron chi connectivity index (χ4n) is 4.50. The van der Waals surface area contributed by atoms with Crippen molar-refractivity contribution in [1.29, 1.82) is 0 Å². The van der Waals surface area contributed by atoms with E-state index in [1.165, 1.54) is 38.5 Å². The highest BCUT2D eigenvalue weighted by atomic mass is 16.5. The third kappa shape index (κ3) is 6.10. The van der Waals surface area contributed by atoms with Crippen molar-refractivity contribution >= 4 is 5.96 Å². The molecule has 0 aromatic heterocycles. The summed E-state index contributed by atoms with van der Waals surface area (Å²) < 4.78 is 5.38. The van der Waals surface area contributed by atoms with Crippen LogP contribution in [-0.4, -0.2) is 73.5 Å². The zero-order valence-corrected chi connectivity index (χ0v) is 16.7. The van der Waals surface area contributed by atoms with Crippen molar-refractivity contribution in [3.63, 3.8) is 0 Å². The molecule has 0 aromatic rings. The molecule has 1 saturated heterocycles. The van der Waals surface area contributed by atoms with E-state index in [0.29, 0.717) is 19.1 Å². The third-order valence-electron chi connectivity index (χ3n) is 6.01. The second-order valence-electron chi connectivity index (χ2n) is 8.63. The molecule has 0 radical (unpaired) electrons. The molecular formula is C20H38N4O2. The summed E-state index contributed by atoms with van der Waals surface area (Å²) in [5, 5.41) is 17.7. The molecule has 0 aromatic carbocycles. The Labute approximate surface area is 158 Å². The molecule has 6 heteroatoms. The smallest absolute Gasteiger partial charge is 0.191 e. The van der Waals surface area contributed by atoms with E-state index in [-0.39, 0.29) is 0 Å². The van der Waals surface area contributed by atoms with Gasteiger partial charge in [0.05, 0.1) is 25.4 Å². The van der Waals surface area contributed by atoms with Crippen LogP contribution in [0.5, 0.6) is 0 Å². The van der Waals surface area contributed by atoms with Crippen LogP contribution >= 0.6 is 0 Å².